The van der Waals surface area contributed by atoms with Crippen LogP contribution in [0, 0.1) is 0 Å². The minimum atomic E-state index is 0.389. The summed E-state index contributed by atoms with van der Waals surface area (Å²) in [6, 6.07) is 8.93. The number of hydrogen-bond donors (Lipinski definition) is 1. The summed E-state index contributed by atoms with van der Waals surface area (Å²) >= 11 is 0. The number of methoxy groups -OCH3 is 1. The number of hydrogen-bond acceptors (Lipinski definition) is 4. The zero-order chi connectivity index (χ0) is 20.7. The summed E-state index contributed by atoms with van der Waals surface area (Å²) in [6.07, 6.45) is 7.37. The third-order valence-electron chi connectivity index (χ3n) is 6.25. The van der Waals surface area contributed by atoms with E-state index in [2.05, 4.69) is 58.1 Å². The fraction of sp³-hybridized carbons (Fsp3) is 0.417. The summed E-state index contributed by atoms with van der Waals surface area (Å²) in [7, 11) is 1.68. The molecule has 1 N–H and O–H groups in total. The van der Waals surface area contributed by atoms with Crippen LogP contribution in [-0.4, -0.2) is 51.2 Å². The van der Waals surface area contributed by atoms with Gasteiger partial charge >= 0.3 is 0 Å². The molecule has 0 saturated carbocycles. The Balaban J connectivity index is 1.57. The molecule has 4 aromatic rings. The van der Waals surface area contributed by atoms with E-state index in [1.165, 1.54) is 48.0 Å². The topological polar surface area (TPSA) is 58.5 Å². The molecule has 1 fully saturated rings. The number of H-pyrrole nitrogens is 1. The first-order valence-electron chi connectivity index (χ1n) is 10.9. The van der Waals surface area contributed by atoms with Gasteiger partial charge in [0.1, 0.15) is 6.33 Å². The highest BCUT2D eigenvalue weighted by Gasteiger charge is 2.19. The summed E-state index contributed by atoms with van der Waals surface area (Å²) in [5, 5.41) is 5.64. The van der Waals surface area contributed by atoms with E-state index in [0.717, 1.165) is 35.6 Å². The zero-order valence-corrected chi connectivity index (χ0v) is 18.0. The van der Waals surface area contributed by atoms with Crippen molar-refractivity contribution >= 4 is 16.6 Å². The highest BCUT2D eigenvalue weighted by atomic mass is 16.5. The summed E-state index contributed by atoms with van der Waals surface area (Å²) in [6.45, 7) is 8.17. The van der Waals surface area contributed by atoms with E-state index in [-0.39, 0.29) is 0 Å². The van der Waals surface area contributed by atoms with Crippen molar-refractivity contribution in [3.8, 4) is 17.0 Å². The first kappa shape index (κ1) is 19.1. The van der Waals surface area contributed by atoms with Gasteiger partial charge in [0.15, 0.2) is 11.4 Å². The maximum absolute atomic E-state index is 5.58. The Morgan fingerprint density at radius 1 is 1.17 bits per heavy atom. The lowest BCUT2D eigenvalue weighted by Gasteiger charge is -2.14. The molecule has 1 aromatic carbocycles. The first-order valence-corrected chi connectivity index (χ1v) is 10.9. The Morgan fingerprint density at radius 3 is 2.77 bits per heavy atom. The van der Waals surface area contributed by atoms with E-state index in [1.807, 2.05) is 6.20 Å². The van der Waals surface area contributed by atoms with Crippen molar-refractivity contribution in [3.63, 3.8) is 0 Å². The molecule has 0 radical (unpaired) electrons. The van der Waals surface area contributed by atoms with Crippen molar-refractivity contribution in [2.75, 3.05) is 26.7 Å². The molecule has 3 aromatic heterocycles. The second-order valence-corrected chi connectivity index (χ2v) is 8.57. The predicted octanol–water partition coefficient (Wildman–Crippen LogP) is 4.65. The Morgan fingerprint density at radius 2 is 2.00 bits per heavy atom. The number of benzene rings is 1. The van der Waals surface area contributed by atoms with Gasteiger partial charge in [0, 0.05) is 29.2 Å². The van der Waals surface area contributed by atoms with Crippen LogP contribution < -0.4 is 4.74 Å². The second kappa shape index (κ2) is 7.76. The molecule has 0 unspecified atom stereocenters. The van der Waals surface area contributed by atoms with Crippen molar-refractivity contribution in [2.24, 2.45) is 0 Å². The number of rotatable bonds is 6. The minimum Gasteiger partial charge on any atom is -0.493 e. The Hall–Kier alpha value is -2.86. The van der Waals surface area contributed by atoms with Crippen LogP contribution in [-0.2, 0) is 6.42 Å². The van der Waals surface area contributed by atoms with E-state index in [9.17, 15) is 0 Å². The van der Waals surface area contributed by atoms with E-state index >= 15 is 0 Å². The highest BCUT2D eigenvalue weighted by molar-refractivity contribution is 5.92. The fourth-order valence-corrected chi connectivity index (χ4v) is 4.72. The minimum absolute atomic E-state index is 0.389. The normalized spacial score (nSPS) is 15.1. The van der Waals surface area contributed by atoms with Gasteiger partial charge in [-0.1, -0.05) is 19.9 Å². The molecule has 0 spiro atoms. The third-order valence-corrected chi connectivity index (χ3v) is 6.25. The molecule has 156 valence electrons. The van der Waals surface area contributed by atoms with Crippen LogP contribution in [0.15, 0.2) is 36.8 Å². The predicted molar refractivity (Wildman–Crippen MR) is 120 cm³/mol. The molecule has 1 saturated heterocycles. The van der Waals surface area contributed by atoms with E-state index in [0.29, 0.717) is 5.92 Å². The van der Waals surface area contributed by atoms with Crippen LogP contribution in [0.5, 0.6) is 5.75 Å². The van der Waals surface area contributed by atoms with Gasteiger partial charge in [0.2, 0.25) is 0 Å². The Labute approximate surface area is 176 Å². The maximum Gasteiger partial charge on any atom is 0.197 e. The average Bonchev–Trinajstić information content (AvgIpc) is 3.49. The van der Waals surface area contributed by atoms with Gasteiger partial charge in [0.25, 0.3) is 0 Å². The number of nitrogens with one attached hydrogen (secondary N) is 1. The van der Waals surface area contributed by atoms with Crippen LogP contribution in [0.1, 0.15) is 43.7 Å². The lowest BCUT2D eigenvalue weighted by molar-refractivity contribution is 0.343. The lowest BCUT2D eigenvalue weighted by Crippen LogP contribution is -2.21. The monoisotopic (exact) mass is 403 g/mol. The number of ether oxygens (including phenoxy) is 1. The summed E-state index contributed by atoms with van der Waals surface area (Å²) in [5.74, 6) is 1.12. The van der Waals surface area contributed by atoms with Crippen molar-refractivity contribution in [1.82, 2.24) is 24.5 Å². The highest BCUT2D eigenvalue weighted by Crippen LogP contribution is 2.37. The van der Waals surface area contributed by atoms with Gasteiger partial charge in [-0.3, -0.25) is 0 Å². The van der Waals surface area contributed by atoms with Crippen molar-refractivity contribution in [1.29, 1.82) is 0 Å². The number of aromatic nitrogens is 4. The van der Waals surface area contributed by atoms with E-state index < -0.39 is 0 Å². The summed E-state index contributed by atoms with van der Waals surface area (Å²) < 4.78 is 7.36. The molecule has 6 nitrogen and oxygen atoms in total. The number of pyridine rings is 1. The fourth-order valence-electron chi connectivity index (χ4n) is 4.72. The molecule has 0 amide bonds. The molecular weight excluding hydrogens is 374 g/mol. The maximum atomic E-state index is 5.58. The molecule has 0 bridgehead atoms. The van der Waals surface area contributed by atoms with Gasteiger partial charge < -0.3 is 14.6 Å². The molecule has 0 atom stereocenters. The first-order chi connectivity index (χ1) is 14.6. The zero-order valence-electron chi connectivity index (χ0n) is 18.0. The third kappa shape index (κ3) is 3.35. The largest absolute Gasteiger partial charge is 0.493 e. The van der Waals surface area contributed by atoms with Crippen LogP contribution in [0.4, 0.5) is 0 Å². The smallest absolute Gasteiger partial charge is 0.197 e. The second-order valence-electron chi connectivity index (χ2n) is 8.57. The van der Waals surface area contributed by atoms with Gasteiger partial charge in [0.05, 0.1) is 12.8 Å². The summed E-state index contributed by atoms with van der Waals surface area (Å²) in [4.78, 5) is 10.5. The number of fused-ring (bicyclic) bond motifs is 2. The van der Waals surface area contributed by atoms with Crippen LogP contribution in [0.25, 0.3) is 27.8 Å². The Bertz CT molecular complexity index is 1180. The van der Waals surface area contributed by atoms with Crippen molar-refractivity contribution in [3.05, 3.63) is 47.9 Å². The van der Waals surface area contributed by atoms with E-state index in [4.69, 9.17) is 4.74 Å². The molecule has 4 heterocycles. The van der Waals surface area contributed by atoms with Crippen molar-refractivity contribution < 1.29 is 4.74 Å². The SMILES string of the molecule is COc1cc(-c2[nH]c3ccc(CCN4CCCC4)cc3c2C(C)C)cn2ncnc12. The number of aromatic amines is 1. The van der Waals surface area contributed by atoms with Crippen LogP contribution >= 0.6 is 0 Å². The number of nitrogens with zero attached hydrogens (tertiary/aromatic N) is 4. The van der Waals surface area contributed by atoms with Gasteiger partial charge in [-0.25, -0.2) is 9.50 Å². The van der Waals surface area contributed by atoms with Gasteiger partial charge in [-0.2, -0.15) is 5.10 Å². The van der Waals surface area contributed by atoms with Gasteiger partial charge in [-0.05, 0) is 67.6 Å². The number of likely N-dealkylation sites (tertiary alicyclic amines) is 1. The van der Waals surface area contributed by atoms with Crippen molar-refractivity contribution in [2.45, 2.75) is 39.0 Å². The molecule has 5 rings (SSSR count). The lowest BCUT2D eigenvalue weighted by atomic mass is 9.95. The molecule has 30 heavy (non-hydrogen) atoms. The van der Waals surface area contributed by atoms with Crippen LogP contribution in [0.2, 0.25) is 0 Å². The summed E-state index contributed by atoms with van der Waals surface area (Å²) in [5.41, 5.74) is 6.85. The van der Waals surface area contributed by atoms with E-state index in [1.54, 1.807) is 18.0 Å². The molecule has 6 heteroatoms. The standard InChI is InChI=1S/C24H29N5O/c1-16(2)22-19-12-17(8-11-28-9-4-5-10-28)6-7-20(19)27-23(22)18-13-21(30-3)24-25-15-26-29(24)14-18/h6-7,12-16,27H,4-5,8-11H2,1-3H3. The molecule has 1 aliphatic heterocycles. The molecule has 1 aliphatic rings. The van der Waals surface area contributed by atoms with Crippen LogP contribution in [0.3, 0.4) is 0 Å². The molecule has 0 aliphatic carbocycles. The molecular formula is C24H29N5O. The van der Waals surface area contributed by atoms with Gasteiger partial charge in [-0.15, -0.1) is 0 Å². The average molecular weight is 404 g/mol. The quantitative estimate of drug-likeness (QED) is 0.509. The Kier molecular flexibility index (Phi) is 4.95.